The molecule has 560 valence electrons. The van der Waals surface area contributed by atoms with Crippen LogP contribution < -0.4 is 31.2 Å². The first-order chi connectivity index (χ1) is 46.8. The number of aromatic nitrogens is 1. The van der Waals surface area contributed by atoms with Crippen LogP contribution in [0.2, 0.25) is 0 Å². The van der Waals surface area contributed by atoms with Gasteiger partial charge in [-0.2, -0.15) is 25.3 Å². The number of carbonyl (C=O) groups is 2. The highest BCUT2D eigenvalue weighted by Gasteiger charge is 2.15. The van der Waals surface area contributed by atoms with Crippen LogP contribution in [0.4, 0.5) is 11.4 Å². The van der Waals surface area contributed by atoms with Crippen LogP contribution in [0.1, 0.15) is 296 Å². The molecule has 0 aliphatic carbocycles. The summed E-state index contributed by atoms with van der Waals surface area (Å²) in [4.78, 5) is 23.4. The molecule has 0 radical (unpaired) electrons. The molecule has 0 saturated carbocycles. The molecule has 98 heavy (non-hydrogen) atoms. The van der Waals surface area contributed by atoms with Gasteiger partial charge in [0.1, 0.15) is 6.54 Å². The summed E-state index contributed by atoms with van der Waals surface area (Å²) >= 11 is 8.24. The second-order valence-electron chi connectivity index (χ2n) is 28.7. The summed E-state index contributed by atoms with van der Waals surface area (Å²) < 4.78 is 4.37. The largest absolute Gasteiger partial charge is 0.385 e. The summed E-state index contributed by atoms with van der Waals surface area (Å²) in [5.74, 6) is 1.57. The van der Waals surface area contributed by atoms with Gasteiger partial charge >= 0.3 is 0 Å². The molecule has 0 saturated heterocycles. The second kappa shape index (κ2) is 65.9. The molecular weight excluding hydrogens is 1240 g/mol. The van der Waals surface area contributed by atoms with E-state index in [1.54, 1.807) is 0 Å². The average Bonchev–Trinajstić information content (AvgIpc) is 1.30. The fourth-order valence-corrected chi connectivity index (χ4v) is 12.5. The number of nitrogens with zero attached hydrogens (tertiary/aromatic N) is 3. The van der Waals surface area contributed by atoms with Gasteiger partial charge in [-0.05, 0) is 85.2 Å². The van der Waals surface area contributed by atoms with Crippen molar-refractivity contribution in [1.82, 2.24) is 10.6 Å². The Morgan fingerprint density at radius 2 is 0.755 bits per heavy atom. The number of benzene rings is 2. The van der Waals surface area contributed by atoms with Gasteiger partial charge in [-0.3, -0.25) is 9.59 Å². The normalized spacial score (nSPS) is 11.8. The minimum absolute atomic E-state index is 0. The van der Waals surface area contributed by atoms with Crippen molar-refractivity contribution in [2.45, 2.75) is 286 Å². The van der Waals surface area contributed by atoms with E-state index in [4.69, 9.17) is 0 Å². The minimum atomic E-state index is 0. The monoisotopic (exact) mass is 1400 g/mol. The molecule has 0 fully saturated rings. The molecule has 0 unspecified atom stereocenters. The van der Waals surface area contributed by atoms with Gasteiger partial charge in [0.15, 0.2) is 12.4 Å². The Bertz CT molecular complexity index is 2400. The van der Waals surface area contributed by atoms with E-state index in [1.165, 1.54) is 278 Å². The molecule has 12 heteroatoms. The highest BCUT2D eigenvalue weighted by Crippen LogP contribution is 2.19. The molecule has 0 spiro atoms. The highest BCUT2D eigenvalue weighted by atomic mass is 32.1. The molecule has 2 aromatic carbocycles. The van der Waals surface area contributed by atoms with E-state index < -0.39 is 0 Å². The number of quaternary nitrogens is 3. The number of amides is 2. The lowest BCUT2D eigenvalue weighted by molar-refractivity contribution is -0.890. The van der Waals surface area contributed by atoms with Gasteiger partial charge in [0.25, 0.3) is 0 Å². The van der Waals surface area contributed by atoms with Crippen LogP contribution in [0.5, 0.6) is 0 Å². The lowest BCUT2D eigenvalue weighted by Gasteiger charge is -2.30. The molecule has 1 aromatic heterocycles. The summed E-state index contributed by atoms with van der Waals surface area (Å²) in [6.45, 7) is 16.7. The van der Waals surface area contributed by atoms with Crippen molar-refractivity contribution < 1.29 is 28.4 Å². The maximum atomic E-state index is 11.7. The van der Waals surface area contributed by atoms with Crippen molar-refractivity contribution in [1.29, 1.82) is 0 Å². The third kappa shape index (κ3) is 57.3. The molecular formula is C86H156N8O2S2+4. The zero-order valence-electron chi connectivity index (χ0n) is 63.0. The first-order valence-electron chi connectivity index (χ1n) is 39.4. The van der Waals surface area contributed by atoms with Crippen molar-refractivity contribution in [3.05, 3.63) is 120 Å². The van der Waals surface area contributed by atoms with Crippen LogP contribution >= 0.6 is 25.3 Å². The van der Waals surface area contributed by atoms with E-state index in [1.807, 2.05) is 0 Å². The zero-order chi connectivity index (χ0) is 69.5. The number of pyridine rings is 1. The molecule has 0 bridgehead atoms. The van der Waals surface area contributed by atoms with Crippen LogP contribution in [-0.4, -0.2) is 119 Å². The van der Waals surface area contributed by atoms with E-state index in [9.17, 15) is 9.59 Å². The number of hydrogen-bond donors (Lipinski definition) is 7. The van der Waals surface area contributed by atoms with Crippen molar-refractivity contribution in [2.75, 3.05) is 109 Å². The first kappa shape index (κ1) is 93.7. The highest BCUT2D eigenvalue weighted by molar-refractivity contribution is 7.80. The average molecular weight is 1400 g/mol. The van der Waals surface area contributed by atoms with Crippen molar-refractivity contribution in [2.24, 2.45) is 0 Å². The Morgan fingerprint density at radius 3 is 1.12 bits per heavy atom. The summed E-state index contributed by atoms with van der Waals surface area (Å²) in [5, 5.41) is 15.1. The predicted molar refractivity (Wildman–Crippen MR) is 442 cm³/mol. The number of carbonyl (C=O) groups excluding carboxylic acids is 2. The molecule has 1 heterocycles. The van der Waals surface area contributed by atoms with E-state index in [0.717, 1.165) is 48.0 Å². The van der Waals surface area contributed by atoms with E-state index >= 15 is 0 Å². The summed E-state index contributed by atoms with van der Waals surface area (Å²) in [5.41, 5.74) is 7.11. The molecule has 0 atom stereocenters. The van der Waals surface area contributed by atoms with Crippen LogP contribution in [0.3, 0.4) is 0 Å². The third-order valence-corrected chi connectivity index (χ3v) is 19.1. The topological polar surface area (TPSA) is 103 Å². The Balaban J connectivity index is 0.00000188. The van der Waals surface area contributed by atoms with Crippen molar-refractivity contribution in [3.63, 3.8) is 0 Å². The van der Waals surface area contributed by atoms with Gasteiger partial charge < -0.3 is 35.6 Å². The number of aryl methyl sites for hydroxylation is 1. The fraction of sp³-hybridized carbons (Fsp3) is 0.686. The predicted octanol–water partition coefficient (Wildman–Crippen LogP) is 21.1. The van der Waals surface area contributed by atoms with Crippen molar-refractivity contribution >= 4 is 66.7 Å². The van der Waals surface area contributed by atoms with Gasteiger partial charge in [-0.25, -0.2) is 4.57 Å². The van der Waals surface area contributed by atoms with Crippen LogP contribution in [0, 0.1) is 0 Å². The molecule has 3 aromatic rings. The molecule has 0 aliphatic heterocycles. The first-order valence-corrected chi connectivity index (χ1v) is 40.7. The number of thiol groups is 2. The number of unbranched alkanes of at least 4 members (excludes halogenated alkanes) is 30. The molecule has 0 aliphatic rings. The summed E-state index contributed by atoms with van der Waals surface area (Å²) in [6.07, 6.45) is 70.1. The Labute approximate surface area is 617 Å². The Kier molecular flexibility index (Phi) is 63.0. The van der Waals surface area contributed by atoms with E-state index in [2.05, 4.69) is 221 Å². The van der Waals surface area contributed by atoms with Gasteiger partial charge in [0.05, 0.1) is 67.1 Å². The smallest absolute Gasteiger partial charge is 0.220 e. The summed E-state index contributed by atoms with van der Waals surface area (Å²) in [6, 6.07) is 21.7. The lowest BCUT2D eigenvalue weighted by Crippen LogP contribution is -2.78. The zero-order valence-corrected chi connectivity index (χ0v) is 64.7. The lowest BCUT2D eigenvalue weighted by atomic mass is 10.0. The van der Waals surface area contributed by atoms with Gasteiger partial charge in [0, 0.05) is 99.7 Å². The molecule has 6 N–H and O–H groups in total. The van der Waals surface area contributed by atoms with Crippen LogP contribution in [-0.2, 0) is 16.1 Å². The maximum absolute atomic E-state index is 11.7. The van der Waals surface area contributed by atoms with E-state index in [0.29, 0.717) is 37.4 Å². The molecule has 3 rings (SSSR count). The van der Waals surface area contributed by atoms with Crippen LogP contribution in [0.25, 0.3) is 18.2 Å². The number of anilines is 2. The number of nitrogens with one attached hydrogen (secondary N) is 4. The minimum Gasteiger partial charge on any atom is -0.385 e. The quantitative estimate of drug-likeness (QED) is 0.0101. The molecule has 10 nitrogen and oxygen atoms in total. The third-order valence-electron chi connectivity index (χ3n) is 18.7. The van der Waals surface area contributed by atoms with Gasteiger partial charge in [-0.1, -0.05) is 263 Å². The standard InChI is InChI=1S/C42H70N4OS.C42H74N4OS.2CH4/c1-4-5-6-7-8-9-10-11-12-13-14-15-16-17-18-19-36-46(2,3)37-21-31-43-41-27-25-39(26-28-41)23-24-40-29-34-45(35-30-40)33-20-22-42(47)44-32-38-48;1-5-7-8-9-10-11-12-13-14-15-16-17-18-19-20-21-36-46(3,4)37-23-33-44-41-29-27-40(28-30-41)26-25-39(6-2)31-34-43-32-22-24-42(47)45-35-38-48;;/h23-30,34-35H,4-22,31-33,36-38H2,1-3H3,(H-,44,47,48);6,25-31,34,43-44H,5,7-24,32-33,35-38H2,1-4H3,(H-,45,47,48);2*1H4/p+4/b;26-25+,34-31-,39-6-;;. The Morgan fingerprint density at radius 1 is 0.418 bits per heavy atom. The number of hydrogen-bond acceptors (Lipinski definition) is 6. The number of allylic oxidation sites excluding steroid dienone is 4. The number of nitrogens with two attached hydrogens (primary N) is 1. The summed E-state index contributed by atoms with van der Waals surface area (Å²) in [7, 11) is 9.58. The maximum Gasteiger partial charge on any atom is 0.220 e. The molecule has 2 amide bonds. The Hall–Kier alpha value is -4.33. The van der Waals surface area contributed by atoms with E-state index in [-0.39, 0.29) is 26.7 Å². The fourth-order valence-electron chi connectivity index (χ4n) is 12.3. The van der Waals surface area contributed by atoms with Crippen LogP contribution in [0.15, 0.2) is 103 Å². The van der Waals surface area contributed by atoms with Crippen molar-refractivity contribution in [3.8, 4) is 0 Å². The SMILES string of the molecule is C.C.C/C=C(\C=C/[NH2+]CCCC(=O)NCCS)/C=C/c1ccc(NCCC[N+](C)(C)CCCCCCCCCCCCCCCCCC)cc1.CCCCCCCCCCCCCCCCCC[N+](C)(C)CCCNc1ccc(/C=C/c2cc[n+](CCCC(=O)NCCS)cc2)cc1. The van der Waals surface area contributed by atoms with Gasteiger partial charge in [0.2, 0.25) is 11.8 Å². The van der Waals surface area contributed by atoms with Gasteiger partial charge in [-0.15, -0.1) is 0 Å². The second-order valence-corrected chi connectivity index (χ2v) is 29.6. The number of rotatable bonds is 62.